The lowest BCUT2D eigenvalue weighted by atomic mass is 9.86. The van der Waals surface area contributed by atoms with Crippen molar-refractivity contribution in [1.82, 2.24) is 4.90 Å². The quantitative estimate of drug-likeness (QED) is 0.644. The third-order valence-corrected chi connectivity index (χ3v) is 4.88. The summed E-state index contributed by atoms with van der Waals surface area (Å²) in [6.45, 7) is 4.04. The van der Waals surface area contributed by atoms with Crippen LogP contribution in [-0.4, -0.2) is 49.2 Å². The van der Waals surface area contributed by atoms with Gasteiger partial charge in [0.25, 0.3) is 0 Å². The van der Waals surface area contributed by atoms with Crippen LogP contribution >= 0.6 is 0 Å². The van der Waals surface area contributed by atoms with Gasteiger partial charge in [0.05, 0.1) is 19.1 Å². The number of nitrogens with zero attached hydrogens (tertiary/aromatic N) is 1. The first-order valence-corrected chi connectivity index (χ1v) is 9.24. The van der Waals surface area contributed by atoms with Crippen molar-refractivity contribution < 1.29 is 19.1 Å². The highest BCUT2D eigenvalue weighted by atomic mass is 16.5. The Labute approximate surface area is 139 Å². The minimum Gasteiger partial charge on any atom is -0.466 e. The van der Waals surface area contributed by atoms with Gasteiger partial charge in [0.2, 0.25) is 5.91 Å². The molecule has 2 rings (SSSR count). The van der Waals surface area contributed by atoms with Crippen LogP contribution in [0.3, 0.4) is 0 Å². The van der Waals surface area contributed by atoms with Crippen LogP contribution in [0.2, 0.25) is 0 Å². The molecule has 1 aliphatic heterocycles. The van der Waals surface area contributed by atoms with E-state index >= 15 is 0 Å². The first kappa shape index (κ1) is 18.2. The zero-order chi connectivity index (χ0) is 16.5. The van der Waals surface area contributed by atoms with Gasteiger partial charge in [0, 0.05) is 26.1 Å². The Balaban J connectivity index is 1.84. The van der Waals surface area contributed by atoms with E-state index in [0.29, 0.717) is 32.0 Å². The molecule has 0 bridgehead atoms. The molecular formula is C18H31NO4. The molecule has 1 heterocycles. The molecule has 5 heteroatoms. The second kappa shape index (κ2) is 9.91. The molecule has 1 unspecified atom stereocenters. The maximum absolute atomic E-state index is 12.7. The van der Waals surface area contributed by atoms with E-state index in [1.807, 2.05) is 4.90 Å². The highest BCUT2D eigenvalue weighted by molar-refractivity contribution is 5.77. The van der Waals surface area contributed by atoms with Crippen molar-refractivity contribution in [3.63, 3.8) is 0 Å². The summed E-state index contributed by atoms with van der Waals surface area (Å²) >= 11 is 0. The Bertz CT molecular complexity index is 373. The van der Waals surface area contributed by atoms with Crippen molar-refractivity contribution in [3.8, 4) is 0 Å². The SMILES string of the molecule is CCOC(=O)CCN(CC1CCCO1)C(=O)CC1CCCCC1. The van der Waals surface area contributed by atoms with Crippen molar-refractivity contribution in [2.24, 2.45) is 5.92 Å². The summed E-state index contributed by atoms with van der Waals surface area (Å²) in [7, 11) is 0. The fraction of sp³-hybridized carbons (Fsp3) is 0.889. The topological polar surface area (TPSA) is 55.8 Å². The maximum Gasteiger partial charge on any atom is 0.307 e. The van der Waals surface area contributed by atoms with Crippen molar-refractivity contribution >= 4 is 11.9 Å². The first-order valence-electron chi connectivity index (χ1n) is 9.24. The molecule has 5 nitrogen and oxygen atoms in total. The van der Waals surface area contributed by atoms with Crippen LogP contribution in [0, 0.1) is 5.92 Å². The van der Waals surface area contributed by atoms with Crippen molar-refractivity contribution in [1.29, 1.82) is 0 Å². The number of esters is 1. The monoisotopic (exact) mass is 325 g/mol. The molecule has 1 amide bonds. The highest BCUT2D eigenvalue weighted by Gasteiger charge is 2.25. The first-order chi connectivity index (χ1) is 11.2. The molecule has 0 N–H and O–H groups in total. The number of ether oxygens (including phenoxy) is 2. The van der Waals surface area contributed by atoms with Crippen LogP contribution in [0.4, 0.5) is 0 Å². The van der Waals surface area contributed by atoms with E-state index in [1.165, 1.54) is 19.3 Å². The number of carbonyl (C=O) groups is 2. The molecule has 0 aromatic heterocycles. The lowest BCUT2D eigenvalue weighted by Crippen LogP contribution is -2.39. The van der Waals surface area contributed by atoms with E-state index in [0.717, 1.165) is 32.3 Å². The summed E-state index contributed by atoms with van der Waals surface area (Å²) in [6.07, 6.45) is 9.21. The number of hydrogen-bond acceptors (Lipinski definition) is 4. The van der Waals surface area contributed by atoms with Crippen molar-refractivity contribution in [2.75, 3.05) is 26.3 Å². The maximum atomic E-state index is 12.7. The molecule has 1 atom stereocenters. The predicted molar refractivity (Wildman–Crippen MR) is 88.0 cm³/mol. The lowest BCUT2D eigenvalue weighted by molar-refractivity contribution is -0.144. The molecule has 132 valence electrons. The Morgan fingerprint density at radius 1 is 1.13 bits per heavy atom. The van der Waals surface area contributed by atoms with Crippen LogP contribution < -0.4 is 0 Å². The molecule has 2 aliphatic rings. The van der Waals surface area contributed by atoms with Gasteiger partial charge in [0.1, 0.15) is 0 Å². The lowest BCUT2D eigenvalue weighted by Gasteiger charge is -2.28. The number of amides is 1. The average Bonchev–Trinajstić information content (AvgIpc) is 3.05. The fourth-order valence-electron chi connectivity index (χ4n) is 3.58. The summed E-state index contributed by atoms with van der Waals surface area (Å²) in [6, 6.07) is 0. The van der Waals surface area contributed by atoms with E-state index in [2.05, 4.69) is 0 Å². The molecular weight excluding hydrogens is 294 g/mol. The standard InChI is InChI=1S/C18H31NO4/c1-2-22-18(21)10-11-19(14-16-9-6-12-23-16)17(20)13-15-7-4-3-5-8-15/h15-16H,2-14H2,1H3. The van der Waals surface area contributed by atoms with E-state index in [4.69, 9.17) is 9.47 Å². The van der Waals surface area contributed by atoms with Gasteiger partial charge < -0.3 is 14.4 Å². The molecule has 1 saturated heterocycles. The summed E-state index contributed by atoms with van der Waals surface area (Å²) in [4.78, 5) is 26.1. The smallest absolute Gasteiger partial charge is 0.307 e. The van der Waals surface area contributed by atoms with Crippen molar-refractivity contribution in [3.05, 3.63) is 0 Å². The summed E-state index contributed by atoms with van der Waals surface area (Å²) < 4.78 is 10.7. The number of hydrogen-bond donors (Lipinski definition) is 0. The van der Waals surface area contributed by atoms with E-state index in [-0.39, 0.29) is 24.4 Å². The zero-order valence-corrected chi connectivity index (χ0v) is 14.4. The largest absolute Gasteiger partial charge is 0.466 e. The summed E-state index contributed by atoms with van der Waals surface area (Å²) in [5.41, 5.74) is 0. The van der Waals surface area contributed by atoms with Gasteiger partial charge in [-0.3, -0.25) is 9.59 Å². The van der Waals surface area contributed by atoms with Crippen LogP contribution in [0.5, 0.6) is 0 Å². The Hall–Kier alpha value is -1.10. The third-order valence-electron chi connectivity index (χ3n) is 4.88. The predicted octanol–water partition coefficient (Wildman–Crippen LogP) is 2.92. The van der Waals surface area contributed by atoms with Crippen LogP contribution in [0.1, 0.15) is 64.7 Å². The van der Waals surface area contributed by atoms with Gasteiger partial charge in [-0.2, -0.15) is 0 Å². The van der Waals surface area contributed by atoms with Gasteiger partial charge >= 0.3 is 5.97 Å². The minimum atomic E-state index is -0.227. The molecule has 0 radical (unpaired) electrons. The highest BCUT2D eigenvalue weighted by Crippen LogP contribution is 2.27. The summed E-state index contributed by atoms with van der Waals surface area (Å²) in [5, 5.41) is 0. The molecule has 0 spiro atoms. The van der Waals surface area contributed by atoms with Crippen LogP contribution in [-0.2, 0) is 19.1 Å². The molecule has 2 fully saturated rings. The minimum absolute atomic E-state index is 0.132. The normalized spacial score (nSPS) is 22.0. The second-order valence-electron chi connectivity index (χ2n) is 6.74. The van der Waals surface area contributed by atoms with Gasteiger partial charge in [-0.1, -0.05) is 19.3 Å². The van der Waals surface area contributed by atoms with Gasteiger partial charge in [-0.05, 0) is 38.5 Å². The van der Waals surface area contributed by atoms with Crippen LogP contribution in [0.25, 0.3) is 0 Å². The molecule has 1 saturated carbocycles. The summed E-state index contributed by atoms with van der Waals surface area (Å²) in [5.74, 6) is 0.470. The van der Waals surface area contributed by atoms with Crippen LogP contribution in [0.15, 0.2) is 0 Å². The molecule has 1 aliphatic carbocycles. The van der Waals surface area contributed by atoms with Gasteiger partial charge in [-0.15, -0.1) is 0 Å². The number of rotatable bonds is 8. The van der Waals surface area contributed by atoms with Gasteiger partial charge in [0.15, 0.2) is 0 Å². The van der Waals surface area contributed by atoms with E-state index in [1.54, 1.807) is 6.92 Å². The average molecular weight is 325 g/mol. The Morgan fingerprint density at radius 2 is 1.91 bits per heavy atom. The van der Waals surface area contributed by atoms with E-state index < -0.39 is 0 Å². The Morgan fingerprint density at radius 3 is 2.57 bits per heavy atom. The fourth-order valence-corrected chi connectivity index (χ4v) is 3.58. The molecule has 23 heavy (non-hydrogen) atoms. The molecule has 0 aromatic rings. The number of carbonyl (C=O) groups excluding carboxylic acids is 2. The Kier molecular flexibility index (Phi) is 7.86. The van der Waals surface area contributed by atoms with Gasteiger partial charge in [-0.25, -0.2) is 0 Å². The van der Waals surface area contributed by atoms with E-state index in [9.17, 15) is 9.59 Å². The third kappa shape index (κ3) is 6.50. The zero-order valence-electron chi connectivity index (χ0n) is 14.4. The molecule has 0 aromatic carbocycles. The second-order valence-corrected chi connectivity index (χ2v) is 6.74. The van der Waals surface area contributed by atoms with Crippen molar-refractivity contribution in [2.45, 2.75) is 70.8 Å².